The molecule has 0 aliphatic carbocycles. The minimum atomic E-state index is -0.698. The maximum absolute atomic E-state index is 12.9. The molecule has 0 N–H and O–H groups in total. The van der Waals surface area contributed by atoms with Crippen molar-refractivity contribution < 1.29 is 13.6 Å². The Morgan fingerprint density at radius 3 is 2.44 bits per heavy atom. The Labute approximate surface area is 104 Å². The smallest absolute Gasteiger partial charge is 0.163 e. The molecule has 0 unspecified atom stereocenters. The van der Waals surface area contributed by atoms with Crippen molar-refractivity contribution in [1.82, 2.24) is 0 Å². The highest BCUT2D eigenvalue weighted by Crippen LogP contribution is 2.15. The molecule has 0 bridgehead atoms. The fourth-order valence-electron chi connectivity index (χ4n) is 1.48. The van der Waals surface area contributed by atoms with E-state index < -0.39 is 11.6 Å². The van der Waals surface area contributed by atoms with Crippen LogP contribution in [0.25, 0.3) is 0 Å². The summed E-state index contributed by atoms with van der Waals surface area (Å²) in [6.45, 7) is 1.96. The Bertz CT molecular complexity index is 562. The average Bonchev–Trinajstić information content (AvgIpc) is 2.27. The van der Waals surface area contributed by atoms with Gasteiger partial charge >= 0.3 is 0 Å². The molecule has 2 aromatic rings. The van der Waals surface area contributed by atoms with Crippen LogP contribution in [0, 0.1) is 18.6 Å². The number of halogens is 2. The summed E-state index contributed by atoms with van der Waals surface area (Å²) in [7, 11) is 0. The van der Waals surface area contributed by atoms with Gasteiger partial charge in [-0.15, -0.1) is 0 Å². The lowest BCUT2D eigenvalue weighted by Crippen LogP contribution is -1.89. The van der Waals surface area contributed by atoms with Gasteiger partial charge in [-0.1, -0.05) is 35.0 Å². The van der Waals surface area contributed by atoms with Gasteiger partial charge in [-0.05, 0) is 12.5 Å². The van der Waals surface area contributed by atoms with Gasteiger partial charge in [0, 0.05) is 18.2 Å². The molecule has 2 nitrogen and oxygen atoms in total. The van der Waals surface area contributed by atoms with Gasteiger partial charge in [0.25, 0.3) is 0 Å². The summed E-state index contributed by atoms with van der Waals surface area (Å²) in [5.41, 5.74) is 1.95. The molecule has 0 saturated carbocycles. The van der Waals surface area contributed by atoms with Crippen LogP contribution in [0.1, 0.15) is 11.1 Å². The molecule has 2 rings (SSSR count). The maximum Gasteiger partial charge on any atom is 0.163 e. The van der Waals surface area contributed by atoms with Crippen LogP contribution in [-0.4, -0.2) is 6.21 Å². The molecular weight excluding hydrogens is 236 g/mol. The summed E-state index contributed by atoms with van der Waals surface area (Å²) in [6, 6.07) is 10.5. The predicted octanol–water partition coefficient (Wildman–Crippen LogP) is 3.69. The van der Waals surface area contributed by atoms with E-state index in [1.54, 1.807) is 0 Å². The van der Waals surface area contributed by atoms with Gasteiger partial charge in [0.05, 0.1) is 6.21 Å². The fourth-order valence-corrected chi connectivity index (χ4v) is 1.48. The molecule has 0 atom stereocenters. The Morgan fingerprint density at radius 2 is 1.78 bits per heavy atom. The topological polar surface area (TPSA) is 21.6 Å². The zero-order valence-electron chi connectivity index (χ0n) is 9.73. The second-order valence-electron chi connectivity index (χ2n) is 3.85. The van der Waals surface area contributed by atoms with Gasteiger partial charge < -0.3 is 4.84 Å². The van der Waals surface area contributed by atoms with Gasteiger partial charge in [-0.3, -0.25) is 0 Å². The first-order chi connectivity index (χ1) is 8.63. The first kappa shape index (κ1) is 12.2. The van der Waals surface area contributed by atoms with Crippen LogP contribution >= 0.6 is 0 Å². The molecule has 2 aromatic carbocycles. The molecule has 92 valence electrons. The third-order valence-corrected chi connectivity index (χ3v) is 2.24. The second kappa shape index (κ2) is 5.40. The highest BCUT2D eigenvalue weighted by atomic mass is 19.1. The number of oxime groups is 1. The number of benzene rings is 2. The third-order valence-electron chi connectivity index (χ3n) is 2.24. The quantitative estimate of drug-likeness (QED) is 0.598. The van der Waals surface area contributed by atoms with Crippen LogP contribution in [0.3, 0.4) is 0 Å². The van der Waals surface area contributed by atoms with Crippen molar-refractivity contribution in [2.24, 2.45) is 5.16 Å². The number of aryl methyl sites for hydroxylation is 1. The summed E-state index contributed by atoms with van der Waals surface area (Å²) >= 11 is 0. The van der Waals surface area contributed by atoms with Gasteiger partial charge in [-0.2, -0.15) is 0 Å². The zero-order chi connectivity index (χ0) is 13.0. The first-order valence-electron chi connectivity index (χ1n) is 5.36. The van der Waals surface area contributed by atoms with Crippen LogP contribution in [0.5, 0.6) is 5.75 Å². The molecule has 0 spiro atoms. The molecule has 0 radical (unpaired) electrons. The molecule has 0 heterocycles. The van der Waals surface area contributed by atoms with E-state index in [1.165, 1.54) is 6.21 Å². The molecule has 0 fully saturated rings. The van der Waals surface area contributed by atoms with Crippen molar-refractivity contribution in [2.75, 3.05) is 0 Å². The van der Waals surface area contributed by atoms with E-state index in [4.69, 9.17) is 4.84 Å². The summed E-state index contributed by atoms with van der Waals surface area (Å²) in [5, 5.41) is 3.68. The molecular formula is C14H11F2NO. The lowest BCUT2D eigenvalue weighted by molar-refractivity contribution is 0.339. The van der Waals surface area contributed by atoms with Crippen molar-refractivity contribution in [3.63, 3.8) is 0 Å². The summed E-state index contributed by atoms with van der Waals surface area (Å²) < 4.78 is 25.7. The highest BCUT2D eigenvalue weighted by Gasteiger charge is 2.00. The van der Waals surface area contributed by atoms with E-state index >= 15 is 0 Å². The molecule has 4 heteroatoms. The number of hydrogen-bond acceptors (Lipinski definition) is 2. The van der Waals surface area contributed by atoms with Crippen molar-refractivity contribution in [1.29, 1.82) is 0 Å². The number of hydrogen-bond donors (Lipinski definition) is 0. The van der Waals surface area contributed by atoms with E-state index in [0.717, 1.165) is 29.3 Å². The highest BCUT2D eigenvalue weighted by molar-refractivity contribution is 5.79. The van der Waals surface area contributed by atoms with Crippen LogP contribution in [-0.2, 0) is 0 Å². The third kappa shape index (κ3) is 3.38. The van der Waals surface area contributed by atoms with Crippen LogP contribution in [0.15, 0.2) is 47.6 Å². The normalized spacial score (nSPS) is 10.8. The van der Waals surface area contributed by atoms with Crippen molar-refractivity contribution in [3.8, 4) is 5.75 Å². The van der Waals surface area contributed by atoms with Crippen LogP contribution in [0.4, 0.5) is 8.78 Å². The van der Waals surface area contributed by atoms with E-state index in [9.17, 15) is 8.78 Å². The minimum absolute atomic E-state index is 0.0244. The Kier molecular flexibility index (Phi) is 3.67. The lowest BCUT2D eigenvalue weighted by Gasteiger charge is -1.99. The van der Waals surface area contributed by atoms with Gasteiger partial charge in [0.15, 0.2) is 5.75 Å². The number of rotatable bonds is 3. The van der Waals surface area contributed by atoms with Crippen molar-refractivity contribution in [3.05, 3.63) is 65.2 Å². The largest absolute Gasteiger partial charge is 0.357 e. The van der Waals surface area contributed by atoms with Crippen molar-refractivity contribution >= 4 is 6.21 Å². The van der Waals surface area contributed by atoms with Crippen LogP contribution in [0.2, 0.25) is 0 Å². The monoisotopic (exact) mass is 247 g/mol. The molecule has 0 aliphatic heterocycles. The van der Waals surface area contributed by atoms with E-state index in [-0.39, 0.29) is 5.75 Å². The predicted molar refractivity (Wildman–Crippen MR) is 65.8 cm³/mol. The van der Waals surface area contributed by atoms with E-state index in [2.05, 4.69) is 5.16 Å². The minimum Gasteiger partial charge on any atom is -0.357 e. The Morgan fingerprint density at radius 1 is 1.06 bits per heavy atom. The summed E-state index contributed by atoms with van der Waals surface area (Å²) in [4.78, 5) is 4.90. The number of nitrogens with zero attached hydrogens (tertiary/aromatic N) is 1. The summed E-state index contributed by atoms with van der Waals surface area (Å²) in [6.07, 6.45) is 1.48. The average molecular weight is 247 g/mol. The first-order valence-corrected chi connectivity index (χ1v) is 5.36. The van der Waals surface area contributed by atoms with Gasteiger partial charge in [-0.25, -0.2) is 8.78 Å². The van der Waals surface area contributed by atoms with Gasteiger partial charge in [0.1, 0.15) is 11.6 Å². The standard InChI is InChI=1S/C14H11F2NO/c1-10-3-2-4-11(5-10)9-17-18-14-7-12(15)6-13(16)8-14/h2-9H,1H3/b17-9+. The second-order valence-corrected chi connectivity index (χ2v) is 3.85. The summed E-state index contributed by atoms with van der Waals surface area (Å²) in [5.74, 6) is -1.37. The molecule has 0 saturated heterocycles. The lowest BCUT2D eigenvalue weighted by atomic mass is 10.2. The Balaban J connectivity index is 2.07. The fraction of sp³-hybridized carbons (Fsp3) is 0.0714. The maximum atomic E-state index is 12.9. The van der Waals surface area contributed by atoms with Gasteiger partial charge in [0.2, 0.25) is 0 Å². The Hall–Kier alpha value is -2.23. The SMILES string of the molecule is Cc1cccc(/C=N/Oc2cc(F)cc(F)c2)c1. The molecule has 18 heavy (non-hydrogen) atoms. The van der Waals surface area contributed by atoms with E-state index in [0.29, 0.717) is 0 Å². The molecule has 0 aliphatic rings. The van der Waals surface area contributed by atoms with E-state index in [1.807, 2.05) is 31.2 Å². The van der Waals surface area contributed by atoms with Crippen LogP contribution < -0.4 is 4.84 Å². The molecule has 0 aromatic heterocycles. The van der Waals surface area contributed by atoms with Crippen molar-refractivity contribution in [2.45, 2.75) is 6.92 Å². The zero-order valence-corrected chi connectivity index (χ0v) is 9.73. The molecule has 0 amide bonds.